The van der Waals surface area contributed by atoms with E-state index in [1.54, 1.807) is 12.4 Å². The lowest BCUT2D eigenvalue weighted by molar-refractivity contribution is -0.122. The van der Waals surface area contributed by atoms with Crippen LogP contribution >= 0.6 is 0 Å². The number of nitrogens with zero attached hydrogens (tertiary/aromatic N) is 5. The smallest absolute Gasteiger partial charge is 0.255 e. The largest absolute Gasteiger partial charge is 0.369 e. The Labute approximate surface area is 237 Å². The number of rotatable bonds is 3. The van der Waals surface area contributed by atoms with Crippen molar-refractivity contribution in [1.82, 2.24) is 30.1 Å². The molecule has 40 heavy (non-hydrogen) atoms. The fourth-order valence-corrected chi connectivity index (χ4v) is 5.19. The Morgan fingerprint density at radius 2 is 1.62 bits per heavy atom. The Kier molecular flexibility index (Phi) is 11.1. The summed E-state index contributed by atoms with van der Waals surface area (Å²) in [5.74, 6) is 1.20. The number of nitrogens with two attached hydrogens (primary N) is 1. The van der Waals surface area contributed by atoms with Crippen LogP contribution in [-0.4, -0.2) is 95.5 Å². The van der Waals surface area contributed by atoms with Crippen molar-refractivity contribution in [2.45, 2.75) is 69.9 Å². The summed E-state index contributed by atoms with van der Waals surface area (Å²) < 4.78 is 0. The summed E-state index contributed by atoms with van der Waals surface area (Å²) in [6, 6.07) is 3.47. The molecule has 0 unspecified atom stereocenters. The summed E-state index contributed by atoms with van der Waals surface area (Å²) in [6.45, 7) is 4.13. The summed E-state index contributed by atoms with van der Waals surface area (Å²) >= 11 is 0. The molecule has 2 aliphatic heterocycles. The molecule has 0 spiro atoms. The number of piperidine rings is 1. The Morgan fingerprint density at radius 3 is 2.35 bits per heavy atom. The Bertz CT molecular complexity index is 1100. The first kappa shape index (κ1) is 29.7. The lowest BCUT2D eigenvalue weighted by Gasteiger charge is -2.35. The molecule has 5 N–H and O–H groups in total. The minimum absolute atomic E-state index is 0.00528. The van der Waals surface area contributed by atoms with E-state index >= 15 is 0 Å². The Hall–Kier alpha value is -3.31. The van der Waals surface area contributed by atoms with Crippen LogP contribution in [0.25, 0.3) is 11.3 Å². The minimum atomic E-state index is -0.479. The monoisotopic (exact) mass is 551 g/mol. The highest BCUT2D eigenvalue weighted by Crippen LogP contribution is 2.26. The zero-order valence-corrected chi connectivity index (χ0v) is 24.0. The van der Waals surface area contributed by atoms with E-state index in [1.807, 2.05) is 24.1 Å². The van der Waals surface area contributed by atoms with E-state index in [4.69, 9.17) is 10.7 Å². The summed E-state index contributed by atoms with van der Waals surface area (Å²) in [4.78, 5) is 43.4. The molecule has 2 amide bonds. The third-order valence-electron chi connectivity index (χ3n) is 7.89. The van der Waals surface area contributed by atoms with Crippen LogP contribution in [0, 0.1) is 0 Å². The van der Waals surface area contributed by atoms with Gasteiger partial charge in [0.25, 0.3) is 5.91 Å². The Morgan fingerprint density at radius 1 is 0.925 bits per heavy atom. The fourth-order valence-electron chi connectivity index (χ4n) is 5.19. The van der Waals surface area contributed by atoms with Gasteiger partial charge in [-0.15, -0.1) is 0 Å². The van der Waals surface area contributed by atoms with E-state index in [0.29, 0.717) is 42.5 Å². The van der Waals surface area contributed by atoms with Gasteiger partial charge in [-0.1, -0.05) is 12.8 Å². The number of likely N-dealkylation sites (tertiary alicyclic amines) is 1. The Balaban J connectivity index is 1.45. The van der Waals surface area contributed by atoms with Gasteiger partial charge >= 0.3 is 0 Å². The molecular formula is C29H45N9O2. The molecule has 0 aliphatic carbocycles. The van der Waals surface area contributed by atoms with Gasteiger partial charge < -0.3 is 31.5 Å². The van der Waals surface area contributed by atoms with E-state index in [9.17, 15) is 9.59 Å². The van der Waals surface area contributed by atoms with E-state index in [-0.39, 0.29) is 17.9 Å². The van der Waals surface area contributed by atoms with Crippen molar-refractivity contribution in [3.63, 3.8) is 0 Å². The third kappa shape index (κ3) is 8.34. The molecule has 1 fully saturated rings. The molecule has 1 atom stereocenters. The normalized spacial score (nSPS) is 20.8. The second-order valence-corrected chi connectivity index (χ2v) is 11.0. The van der Waals surface area contributed by atoms with Crippen molar-refractivity contribution in [2.24, 2.45) is 5.73 Å². The molecule has 11 heteroatoms. The van der Waals surface area contributed by atoms with Crippen LogP contribution in [0.3, 0.4) is 0 Å². The number of carbonyl (C=O) groups excluding carboxylic acids is 2. The molecule has 11 nitrogen and oxygen atoms in total. The molecule has 1 saturated heterocycles. The molecule has 4 heterocycles. The number of pyridine rings is 1. The number of hydrogen-bond acceptors (Lipinski definition) is 9. The van der Waals surface area contributed by atoms with E-state index in [1.165, 1.54) is 0 Å². The van der Waals surface area contributed by atoms with Crippen LogP contribution in [0.2, 0.25) is 0 Å². The number of hydrogen-bond donors (Lipinski definition) is 4. The van der Waals surface area contributed by atoms with Gasteiger partial charge in [0.2, 0.25) is 11.9 Å². The molecule has 218 valence electrons. The quantitative estimate of drug-likeness (QED) is 0.453. The summed E-state index contributed by atoms with van der Waals surface area (Å²) in [5, 5.41) is 9.72. The zero-order chi connectivity index (χ0) is 28.3. The van der Waals surface area contributed by atoms with Crippen LogP contribution in [0.5, 0.6) is 0 Å². The number of amides is 2. The van der Waals surface area contributed by atoms with Gasteiger partial charge in [0.15, 0.2) is 0 Å². The van der Waals surface area contributed by atoms with Crippen LogP contribution in [-0.2, 0) is 4.79 Å². The van der Waals surface area contributed by atoms with Gasteiger partial charge in [-0.25, -0.2) is 4.98 Å². The lowest BCUT2D eigenvalue weighted by atomic mass is 10.0. The van der Waals surface area contributed by atoms with Crippen molar-refractivity contribution in [1.29, 1.82) is 0 Å². The number of anilines is 2. The highest BCUT2D eigenvalue weighted by atomic mass is 16.2. The average molecular weight is 552 g/mol. The summed E-state index contributed by atoms with van der Waals surface area (Å²) in [6.07, 6.45) is 11.7. The summed E-state index contributed by atoms with van der Waals surface area (Å²) in [7, 11) is 4.01. The van der Waals surface area contributed by atoms with Crippen molar-refractivity contribution < 1.29 is 9.59 Å². The fraction of sp³-hybridized carbons (Fsp3) is 0.621. The topological polar surface area (TPSA) is 141 Å². The van der Waals surface area contributed by atoms with Gasteiger partial charge in [-0.2, -0.15) is 4.98 Å². The molecule has 2 aliphatic rings. The second-order valence-electron chi connectivity index (χ2n) is 11.0. The molecular weight excluding hydrogens is 506 g/mol. The van der Waals surface area contributed by atoms with Crippen LogP contribution in [0.1, 0.15) is 68.1 Å². The molecule has 2 aromatic heterocycles. The van der Waals surface area contributed by atoms with Crippen molar-refractivity contribution >= 4 is 23.6 Å². The first-order valence-corrected chi connectivity index (χ1v) is 14.7. The molecule has 4 rings (SSSR count). The van der Waals surface area contributed by atoms with Gasteiger partial charge in [-0.05, 0) is 77.2 Å². The van der Waals surface area contributed by atoms with Crippen LogP contribution in [0.15, 0.2) is 24.5 Å². The maximum absolute atomic E-state index is 13.1. The second kappa shape index (κ2) is 14.9. The average Bonchev–Trinajstić information content (AvgIpc) is 2.97. The van der Waals surface area contributed by atoms with Crippen LogP contribution < -0.4 is 21.7 Å². The number of carbonyl (C=O) groups is 2. The maximum Gasteiger partial charge on any atom is 0.255 e. The number of nitrogens with one attached hydrogen (secondary N) is 3. The SMILES string of the molecule is CN1CCC(N(C)C(=O)c2ccc(-c3cnc4nc3NCCCC[C@H](N)C(=O)NCCCCCCN4)nc2)CC1. The predicted molar refractivity (Wildman–Crippen MR) is 158 cm³/mol. The molecule has 0 saturated carbocycles. The van der Waals surface area contributed by atoms with E-state index in [2.05, 4.69) is 37.9 Å². The number of fused-ring (bicyclic) bond motifs is 2. The molecule has 2 bridgehead atoms. The predicted octanol–water partition coefficient (Wildman–Crippen LogP) is 2.72. The molecule has 0 aromatic carbocycles. The van der Waals surface area contributed by atoms with Gasteiger partial charge in [-0.3, -0.25) is 14.6 Å². The van der Waals surface area contributed by atoms with E-state index in [0.717, 1.165) is 76.6 Å². The van der Waals surface area contributed by atoms with Crippen molar-refractivity contribution in [2.75, 3.05) is 57.5 Å². The molecule has 0 radical (unpaired) electrons. The minimum Gasteiger partial charge on any atom is -0.369 e. The lowest BCUT2D eigenvalue weighted by Crippen LogP contribution is -2.44. The zero-order valence-electron chi connectivity index (χ0n) is 24.0. The highest BCUT2D eigenvalue weighted by molar-refractivity contribution is 5.94. The standard InChI is InChI=1S/C29H45N9O2/c1-37-17-12-22(13-18-37)38(2)28(40)21-10-11-25(34-19-21)23-20-35-29-33-16-7-4-3-6-15-32-27(39)24(30)9-5-8-14-31-26(23)36-29/h10-11,19-20,22,24H,3-9,12-18,30H2,1-2H3,(H,32,39)(H2,31,33,35,36)/t24-/m0/s1. The van der Waals surface area contributed by atoms with Crippen molar-refractivity contribution in [3.05, 3.63) is 30.1 Å². The van der Waals surface area contributed by atoms with E-state index < -0.39 is 6.04 Å². The van der Waals surface area contributed by atoms with Gasteiger partial charge in [0.1, 0.15) is 5.82 Å². The third-order valence-corrected chi connectivity index (χ3v) is 7.89. The first-order valence-electron chi connectivity index (χ1n) is 14.7. The highest BCUT2D eigenvalue weighted by Gasteiger charge is 2.25. The van der Waals surface area contributed by atoms with Gasteiger partial charge in [0.05, 0.1) is 22.9 Å². The van der Waals surface area contributed by atoms with Gasteiger partial charge in [0, 0.05) is 45.1 Å². The summed E-state index contributed by atoms with van der Waals surface area (Å²) in [5.41, 5.74) is 8.14. The van der Waals surface area contributed by atoms with Crippen LogP contribution in [0.4, 0.5) is 11.8 Å². The molecule has 2 aromatic rings. The first-order chi connectivity index (χ1) is 19.4. The van der Waals surface area contributed by atoms with Crippen molar-refractivity contribution in [3.8, 4) is 11.3 Å². The number of aromatic nitrogens is 3. The maximum atomic E-state index is 13.1.